The maximum Gasteiger partial charge on any atom is 0.303 e. The normalized spacial score (nSPS) is 14.3. The summed E-state index contributed by atoms with van der Waals surface area (Å²) in [5.74, 6) is -1.61. The number of thiazole rings is 1. The van der Waals surface area contributed by atoms with Gasteiger partial charge in [0.05, 0.1) is 29.1 Å². The topological polar surface area (TPSA) is 102 Å². The molecule has 4 aromatic rings. The summed E-state index contributed by atoms with van der Waals surface area (Å²) in [5.41, 5.74) is 4.06. The van der Waals surface area contributed by atoms with Gasteiger partial charge in [0.1, 0.15) is 4.70 Å². The zero-order chi connectivity index (χ0) is 28.9. The number of aliphatic carboxylic acids is 2. The number of carbonyl (C=O) groups is 2. The van der Waals surface area contributed by atoms with Crippen LogP contribution in [0.4, 0.5) is 5.69 Å². The number of anilines is 1. The van der Waals surface area contributed by atoms with Gasteiger partial charge in [-0.1, -0.05) is 60.4 Å². The van der Waals surface area contributed by atoms with Crippen LogP contribution in [0.15, 0.2) is 76.2 Å². The van der Waals surface area contributed by atoms with Gasteiger partial charge >= 0.3 is 11.9 Å². The maximum atomic E-state index is 11.3. The van der Waals surface area contributed by atoms with Crippen molar-refractivity contribution in [2.75, 3.05) is 11.4 Å². The predicted molar refractivity (Wildman–Crippen MR) is 165 cm³/mol. The lowest BCUT2D eigenvalue weighted by Crippen LogP contribution is -2.35. The number of carboxylic acid groups (broad SMARTS) is 2. The first-order valence-electron chi connectivity index (χ1n) is 13.8. The second kappa shape index (κ2) is 12.9. The van der Waals surface area contributed by atoms with E-state index in [9.17, 15) is 24.9 Å². The van der Waals surface area contributed by atoms with Gasteiger partial charge in [0.2, 0.25) is 5.52 Å². The minimum absolute atomic E-state index is 0.0530. The molecule has 9 heteroatoms. The molecule has 0 radical (unpaired) electrons. The van der Waals surface area contributed by atoms with Crippen LogP contribution < -0.4 is 9.47 Å². The summed E-state index contributed by atoms with van der Waals surface area (Å²) in [7, 11) is 0. The largest absolute Gasteiger partial charge is 0.481 e. The van der Waals surface area contributed by atoms with E-state index >= 15 is 0 Å². The maximum absolute atomic E-state index is 11.3. The van der Waals surface area contributed by atoms with E-state index < -0.39 is 11.9 Å². The molecule has 7 nitrogen and oxygen atoms in total. The standard InChI is InChI=1S/C32H32N2O5S2/c1-2-21(18-28-33(15-5-9-30(36)37)25-17-22(20-35)11-13-26(25)40-28)19-29-34(16-6-10-31(38)39)32-24-8-4-3-7-23(24)12-14-27(32)41-29/h3-4,7-8,11-14,17-19,35H,2,5-6,9-10,15-16,20H2,1H3,(H-,36,37,38,39)/p+1. The Bertz CT molecular complexity index is 1670. The van der Waals surface area contributed by atoms with Crippen LogP contribution in [-0.2, 0) is 22.7 Å². The number of rotatable bonds is 12. The van der Waals surface area contributed by atoms with E-state index in [0.29, 0.717) is 25.9 Å². The molecular weight excluding hydrogens is 556 g/mol. The number of allylic oxidation sites excluding steroid dienone is 2. The molecule has 0 amide bonds. The summed E-state index contributed by atoms with van der Waals surface area (Å²) < 4.78 is 3.41. The highest BCUT2D eigenvalue weighted by atomic mass is 32.2. The number of aliphatic hydroxyl groups is 1. The van der Waals surface area contributed by atoms with E-state index in [1.54, 1.807) is 23.1 Å². The van der Waals surface area contributed by atoms with Crippen LogP contribution in [0.2, 0.25) is 0 Å². The van der Waals surface area contributed by atoms with Crippen molar-refractivity contribution in [3.63, 3.8) is 0 Å². The van der Waals surface area contributed by atoms with Crippen molar-refractivity contribution in [1.82, 2.24) is 0 Å². The van der Waals surface area contributed by atoms with Gasteiger partial charge in [-0.25, -0.2) is 0 Å². The Labute approximate surface area is 247 Å². The fraction of sp³-hybridized carbons (Fsp3) is 0.281. The fourth-order valence-electron chi connectivity index (χ4n) is 5.13. The summed E-state index contributed by atoms with van der Waals surface area (Å²) in [6, 6.07) is 18.5. The van der Waals surface area contributed by atoms with Crippen LogP contribution in [-0.4, -0.2) is 33.8 Å². The van der Waals surface area contributed by atoms with Crippen LogP contribution in [0.5, 0.6) is 0 Å². The van der Waals surface area contributed by atoms with Gasteiger partial charge in [-0.05, 0) is 59.7 Å². The molecule has 0 spiro atoms. The Hall–Kier alpha value is -3.66. The molecule has 5 rings (SSSR count). The number of aromatic nitrogens is 1. The predicted octanol–water partition coefficient (Wildman–Crippen LogP) is 6.81. The van der Waals surface area contributed by atoms with E-state index in [1.165, 1.54) is 0 Å². The number of hydrogen-bond donors (Lipinski definition) is 3. The van der Waals surface area contributed by atoms with Crippen LogP contribution in [0.25, 0.3) is 27.1 Å². The Morgan fingerprint density at radius 3 is 2.54 bits per heavy atom. The molecule has 1 aliphatic heterocycles. The average Bonchev–Trinajstić information content (AvgIpc) is 3.49. The van der Waals surface area contributed by atoms with Gasteiger partial charge in [-0.15, -0.1) is 0 Å². The lowest BCUT2D eigenvalue weighted by atomic mass is 10.1. The molecule has 0 unspecified atom stereocenters. The Morgan fingerprint density at radius 1 is 1.00 bits per heavy atom. The second-order valence-electron chi connectivity index (χ2n) is 9.99. The zero-order valence-corrected chi connectivity index (χ0v) is 24.5. The third-order valence-electron chi connectivity index (χ3n) is 7.16. The van der Waals surface area contributed by atoms with Gasteiger partial charge < -0.3 is 20.2 Å². The summed E-state index contributed by atoms with van der Waals surface area (Å²) in [5, 5.41) is 32.6. The third-order valence-corrected chi connectivity index (χ3v) is 9.37. The molecule has 0 saturated heterocycles. The zero-order valence-electron chi connectivity index (χ0n) is 22.9. The van der Waals surface area contributed by atoms with Crippen molar-refractivity contribution in [2.24, 2.45) is 0 Å². The van der Waals surface area contributed by atoms with E-state index in [4.69, 9.17) is 0 Å². The average molecular weight is 590 g/mol. The third kappa shape index (κ3) is 6.48. The van der Waals surface area contributed by atoms with E-state index in [1.807, 2.05) is 30.3 Å². The van der Waals surface area contributed by atoms with Gasteiger partial charge in [0.25, 0.3) is 5.01 Å². The van der Waals surface area contributed by atoms with Gasteiger partial charge in [0.15, 0.2) is 6.54 Å². The molecule has 212 valence electrons. The molecular formula is C32H33N2O5S2+. The van der Waals surface area contributed by atoms with Crippen molar-refractivity contribution >= 4 is 67.8 Å². The summed E-state index contributed by atoms with van der Waals surface area (Å²) >= 11 is 3.36. The number of thioether (sulfide) groups is 1. The Morgan fingerprint density at radius 2 is 1.78 bits per heavy atom. The van der Waals surface area contributed by atoms with Crippen molar-refractivity contribution in [2.45, 2.75) is 57.1 Å². The lowest BCUT2D eigenvalue weighted by molar-refractivity contribution is -0.668. The molecule has 0 atom stereocenters. The number of aliphatic hydroxyl groups excluding tert-OH is 1. The van der Waals surface area contributed by atoms with Gasteiger partial charge in [-0.3, -0.25) is 9.59 Å². The van der Waals surface area contributed by atoms with Crippen molar-refractivity contribution in [3.8, 4) is 0 Å². The first-order valence-corrected chi connectivity index (χ1v) is 15.4. The SMILES string of the molecule is CCC(=Cc1sc2ccc3ccccc3c2[n+]1CCCC(=O)O)C=C1Sc2ccc(CO)cc2N1CCCC(=O)O. The highest BCUT2D eigenvalue weighted by molar-refractivity contribution is 8.03. The summed E-state index contributed by atoms with van der Waals surface area (Å²) in [4.78, 5) is 25.8. The second-order valence-corrected chi connectivity index (χ2v) is 12.1. The molecule has 0 bridgehead atoms. The quantitative estimate of drug-likeness (QED) is 0.156. The minimum Gasteiger partial charge on any atom is -0.481 e. The summed E-state index contributed by atoms with van der Waals surface area (Å²) in [6.45, 7) is 3.23. The minimum atomic E-state index is -0.814. The number of benzene rings is 3. The fourth-order valence-corrected chi connectivity index (χ4v) is 7.45. The van der Waals surface area contributed by atoms with Gasteiger partial charge in [0, 0.05) is 30.4 Å². The molecule has 0 aliphatic carbocycles. The van der Waals surface area contributed by atoms with Crippen LogP contribution >= 0.6 is 23.1 Å². The van der Waals surface area contributed by atoms with Crippen LogP contribution in [0.3, 0.4) is 0 Å². The summed E-state index contributed by atoms with van der Waals surface area (Å²) in [6.07, 6.45) is 6.40. The van der Waals surface area contributed by atoms with Crippen LogP contribution in [0, 0.1) is 0 Å². The first kappa shape index (κ1) is 28.9. The highest BCUT2D eigenvalue weighted by Crippen LogP contribution is 2.47. The first-order chi connectivity index (χ1) is 19.9. The molecule has 3 N–H and O–H groups in total. The number of nitrogens with zero attached hydrogens (tertiary/aromatic N) is 2. The van der Waals surface area contributed by atoms with Crippen molar-refractivity contribution in [3.05, 3.63) is 81.8 Å². The van der Waals surface area contributed by atoms with E-state index in [0.717, 1.165) is 59.2 Å². The lowest BCUT2D eigenvalue weighted by Gasteiger charge is -2.21. The Balaban J connectivity index is 1.56. The van der Waals surface area contributed by atoms with E-state index in [-0.39, 0.29) is 19.4 Å². The van der Waals surface area contributed by atoms with Crippen molar-refractivity contribution in [1.29, 1.82) is 0 Å². The van der Waals surface area contributed by atoms with Gasteiger partial charge in [-0.2, -0.15) is 4.57 Å². The molecule has 2 heterocycles. The molecule has 3 aromatic carbocycles. The number of hydrogen-bond acceptors (Lipinski definition) is 6. The van der Waals surface area contributed by atoms with E-state index in [2.05, 4.69) is 52.8 Å². The Kier molecular flexibility index (Phi) is 9.07. The number of fused-ring (bicyclic) bond motifs is 4. The molecule has 1 aromatic heterocycles. The van der Waals surface area contributed by atoms with Crippen LogP contribution in [0.1, 0.15) is 49.6 Å². The van der Waals surface area contributed by atoms with Crippen molar-refractivity contribution < 1.29 is 29.5 Å². The number of aryl methyl sites for hydroxylation is 1. The highest BCUT2D eigenvalue weighted by Gasteiger charge is 2.26. The molecule has 0 fully saturated rings. The smallest absolute Gasteiger partial charge is 0.303 e. The number of carboxylic acids is 2. The molecule has 1 aliphatic rings. The monoisotopic (exact) mass is 589 g/mol. The molecule has 41 heavy (non-hydrogen) atoms. The molecule has 0 saturated carbocycles.